The molecular weight excluding hydrogens is 402 g/mol. The van der Waals surface area contributed by atoms with Gasteiger partial charge in [-0.1, -0.05) is 48.0 Å². The van der Waals surface area contributed by atoms with Crippen LogP contribution >= 0.6 is 11.6 Å². The van der Waals surface area contributed by atoms with Gasteiger partial charge in [0.15, 0.2) is 0 Å². The minimum atomic E-state index is -0.721. The maximum Gasteiger partial charge on any atom is 0.312 e. The molecule has 3 rings (SSSR count). The van der Waals surface area contributed by atoms with Gasteiger partial charge < -0.3 is 21.1 Å². The molecule has 0 saturated heterocycles. The molecule has 0 aliphatic carbocycles. The molecule has 0 aromatic heterocycles. The zero-order valence-electron chi connectivity index (χ0n) is 16.4. The van der Waals surface area contributed by atoms with Gasteiger partial charge in [-0.3, -0.25) is 4.79 Å². The van der Waals surface area contributed by atoms with E-state index in [1.165, 1.54) is 0 Å². The maximum absolute atomic E-state index is 12.6. The van der Waals surface area contributed by atoms with Gasteiger partial charge in [0.2, 0.25) is 5.91 Å². The van der Waals surface area contributed by atoms with Crippen molar-refractivity contribution in [1.29, 1.82) is 0 Å². The lowest BCUT2D eigenvalue weighted by molar-refractivity contribution is -0.116. The van der Waals surface area contributed by atoms with Crippen LogP contribution in [0.4, 0.5) is 10.5 Å². The van der Waals surface area contributed by atoms with E-state index in [1.54, 1.807) is 36.4 Å². The molecule has 3 aromatic rings. The van der Waals surface area contributed by atoms with Crippen LogP contribution in [-0.4, -0.2) is 11.9 Å². The van der Waals surface area contributed by atoms with Crippen LogP contribution in [0.25, 0.3) is 0 Å². The smallest absolute Gasteiger partial charge is 0.312 e. The van der Waals surface area contributed by atoms with E-state index >= 15 is 0 Å². The molecule has 6 nitrogen and oxygen atoms in total. The largest absolute Gasteiger partial charge is 0.457 e. The van der Waals surface area contributed by atoms with Gasteiger partial charge in [-0.15, -0.1) is 0 Å². The predicted octanol–water partition coefficient (Wildman–Crippen LogP) is 5.18. The van der Waals surface area contributed by atoms with Gasteiger partial charge in [-0.2, -0.15) is 0 Å². The van der Waals surface area contributed by atoms with Gasteiger partial charge in [0, 0.05) is 10.7 Å². The highest BCUT2D eigenvalue weighted by Crippen LogP contribution is 2.27. The Kier molecular flexibility index (Phi) is 6.93. The molecule has 0 spiro atoms. The van der Waals surface area contributed by atoms with E-state index in [0.717, 1.165) is 5.56 Å². The molecule has 1 unspecified atom stereocenters. The van der Waals surface area contributed by atoms with Crippen LogP contribution in [-0.2, 0) is 4.79 Å². The highest BCUT2D eigenvalue weighted by molar-refractivity contribution is 6.31. The van der Waals surface area contributed by atoms with Gasteiger partial charge in [0.1, 0.15) is 11.5 Å². The van der Waals surface area contributed by atoms with Crippen molar-refractivity contribution in [2.24, 2.45) is 5.73 Å². The Morgan fingerprint density at radius 2 is 1.73 bits per heavy atom. The fraction of sp³-hybridized carbons (Fsp3) is 0.130. The zero-order valence-corrected chi connectivity index (χ0v) is 17.1. The second-order valence-electron chi connectivity index (χ2n) is 6.76. The molecule has 154 valence electrons. The Morgan fingerprint density at radius 1 is 1.00 bits per heavy atom. The number of ether oxygens (including phenoxy) is 1. The van der Waals surface area contributed by atoms with E-state index in [-0.39, 0.29) is 12.3 Å². The number of carbonyl (C=O) groups is 2. The van der Waals surface area contributed by atoms with E-state index in [4.69, 9.17) is 22.1 Å². The van der Waals surface area contributed by atoms with Crippen LogP contribution < -0.4 is 21.1 Å². The molecule has 7 heteroatoms. The molecule has 0 aliphatic rings. The van der Waals surface area contributed by atoms with Crippen molar-refractivity contribution in [3.05, 3.63) is 88.9 Å². The highest BCUT2D eigenvalue weighted by Gasteiger charge is 2.19. The number of primary amides is 1. The Balaban J connectivity index is 1.77. The Morgan fingerprint density at radius 3 is 2.47 bits per heavy atom. The summed E-state index contributed by atoms with van der Waals surface area (Å²) in [5.74, 6) is 0.984. The first kappa shape index (κ1) is 21.2. The third kappa shape index (κ3) is 5.99. The standard InChI is InChI=1S/C23H22ClN3O3/c1-15-10-11-17(24)13-20(15)26-22(28)14-21(27-23(25)29)16-6-5-9-19(12-16)30-18-7-3-2-4-8-18/h2-13,21H,14H2,1H3,(H,26,28)(H3,25,27,29). The number of nitrogens with two attached hydrogens (primary N) is 1. The summed E-state index contributed by atoms with van der Waals surface area (Å²) in [6.07, 6.45) is -0.0102. The normalized spacial score (nSPS) is 11.4. The van der Waals surface area contributed by atoms with Crippen molar-refractivity contribution in [3.8, 4) is 11.5 Å². The van der Waals surface area contributed by atoms with Crippen molar-refractivity contribution >= 4 is 29.2 Å². The summed E-state index contributed by atoms with van der Waals surface area (Å²) >= 11 is 6.02. The Hall–Kier alpha value is -3.51. The van der Waals surface area contributed by atoms with E-state index in [2.05, 4.69) is 10.6 Å². The molecular formula is C23H22ClN3O3. The summed E-state index contributed by atoms with van der Waals surface area (Å²) in [5.41, 5.74) is 7.53. The van der Waals surface area contributed by atoms with Crippen LogP contribution in [0.1, 0.15) is 23.6 Å². The average Bonchev–Trinajstić information content (AvgIpc) is 2.71. The second-order valence-corrected chi connectivity index (χ2v) is 7.20. The SMILES string of the molecule is Cc1ccc(Cl)cc1NC(=O)CC(NC(N)=O)c1cccc(Oc2ccccc2)c1. The topological polar surface area (TPSA) is 93.5 Å². The minimum Gasteiger partial charge on any atom is -0.457 e. The van der Waals surface area contributed by atoms with Crippen LogP contribution in [0.5, 0.6) is 11.5 Å². The fourth-order valence-electron chi connectivity index (χ4n) is 2.96. The van der Waals surface area contributed by atoms with Crippen molar-refractivity contribution in [1.82, 2.24) is 5.32 Å². The number of aryl methyl sites for hydroxylation is 1. The van der Waals surface area contributed by atoms with Gasteiger partial charge in [-0.25, -0.2) is 4.79 Å². The summed E-state index contributed by atoms with van der Waals surface area (Å²) in [6, 6.07) is 20.4. The van der Waals surface area contributed by atoms with Crippen LogP contribution in [0.2, 0.25) is 5.02 Å². The van der Waals surface area contributed by atoms with E-state index < -0.39 is 12.1 Å². The highest BCUT2D eigenvalue weighted by atomic mass is 35.5. The molecule has 3 amide bonds. The first-order chi connectivity index (χ1) is 14.4. The molecule has 30 heavy (non-hydrogen) atoms. The number of para-hydroxylation sites is 1. The van der Waals surface area contributed by atoms with E-state index in [1.807, 2.05) is 43.3 Å². The van der Waals surface area contributed by atoms with Crippen molar-refractivity contribution in [2.45, 2.75) is 19.4 Å². The van der Waals surface area contributed by atoms with Crippen molar-refractivity contribution in [2.75, 3.05) is 5.32 Å². The van der Waals surface area contributed by atoms with Gasteiger partial charge >= 0.3 is 6.03 Å². The Bertz CT molecular complexity index is 1040. The second kappa shape index (κ2) is 9.80. The fourth-order valence-corrected chi connectivity index (χ4v) is 3.13. The first-order valence-electron chi connectivity index (χ1n) is 9.35. The third-order valence-electron chi connectivity index (χ3n) is 4.42. The molecule has 0 fully saturated rings. The number of amides is 3. The zero-order chi connectivity index (χ0) is 21.5. The number of urea groups is 1. The lowest BCUT2D eigenvalue weighted by atomic mass is 10.0. The number of halogens is 1. The van der Waals surface area contributed by atoms with Gasteiger partial charge in [0.25, 0.3) is 0 Å². The third-order valence-corrected chi connectivity index (χ3v) is 4.65. The number of nitrogens with one attached hydrogen (secondary N) is 2. The minimum absolute atomic E-state index is 0.0102. The van der Waals surface area contributed by atoms with Crippen molar-refractivity contribution in [3.63, 3.8) is 0 Å². The summed E-state index contributed by atoms with van der Waals surface area (Å²) in [7, 11) is 0. The van der Waals surface area contributed by atoms with Gasteiger partial charge in [0.05, 0.1) is 12.5 Å². The van der Waals surface area contributed by atoms with E-state index in [0.29, 0.717) is 27.8 Å². The number of anilines is 1. The number of hydrogen-bond donors (Lipinski definition) is 3. The number of benzene rings is 3. The molecule has 0 saturated carbocycles. The maximum atomic E-state index is 12.6. The Labute approximate surface area is 180 Å². The molecule has 1 atom stereocenters. The molecule has 0 aliphatic heterocycles. The van der Waals surface area contributed by atoms with Crippen LogP contribution in [0.3, 0.4) is 0 Å². The quantitative estimate of drug-likeness (QED) is 0.488. The lowest BCUT2D eigenvalue weighted by Crippen LogP contribution is -2.35. The monoisotopic (exact) mass is 423 g/mol. The summed E-state index contributed by atoms with van der Waals surface area (Å²) in [5, 5.41) is 5.98. The molecule has 0 radical (unpaired) electrons. The molecule has 3 aromatic carbocycles. The number of hydrogen-bond acceptors (Lipinski definition) is 3. The summed E-state index contributed by atoms with van der Waals surface area (Å²) < 4.78 is 5.84. The summed E-state index contributed by atoms with van der Waals surface area (Å²) in [6.45, 7) is 1.87. The van der Waals surface area contributed by atoms with Crippen LogP contribution in [0, 0.1) is 6.92 Å². The van der Waals surface area contributed by atoms with Crippen molar-refractivity contribution < 1.29 is 14.3 Å². The first-order valence-corrected chi connectivity index (χ1v) is 9.73. The van der Waals surface area contributed by atoms with Crippen LogP contribution in [0.15, 0.2) is 72.8 Å². The molecule has 0 heterocycles. The number of rotatable bonds is 7. The summed E-state index contributed by atoms with van der Waals surface area (Å²) in [4.78, 5) is 24.2. The van der Waals surface area contributed by atoms with Gasteiger partial charge in [-0.05, 0) is 54.4 Å². The molecule has 0 bridgehead atoms. The average molecular weight is 424 g/mol. The predicted molar refractivity (Wildman–Crippen MR) is 118 cm³/mol. The number of carbonyl (C=O) groups excluding carboxylic acids is 2. The van der Waals surface area contributed by atoms with E-state index in [9.17, 15) is 9.59 Å². The molecule has 4 N–H and O–H groups in total. The lowest BCUT2D eigenvalue weighted by Gasteiger charge is -2.19.